The normalized spacial score (nSPS) is 26.3. The van der Waals surface area contributed by atoms with Crippen molar-refractivity contribution in [2.24, 2.45) is 5.92 Å². The number of carboxylic acid groups (broad SMARTS) is 2. The monoisotopic (exact) mass is 285 g/mol. The molecule has 0 aromatic carbocycles. The maximum atomic E-state index is 11.1. The van der Waals surface area contributed by atoms with E-state index >= 15 is 0 Å². The Labute approximate surface area is 113 Å². The van der Waals surface area contributed by atoms with Crippen LogP contribution in [0.1, 0.15) is 18.0 Å². The summed E-state index contributed by atoms with van der Waals surface area (Å²) < 4.78 is 0. The molecule has 0 spiro atoms. The Hall–Kier alpha value is -1.67. The van der Waals surface area contributed by atoms with Crippen LogP contribution in [0.4, 0.5) is 5.13 Å². The molecule has 1 saturated heterocycles. The Kier molecular flexibility index (Phi) is 4.01. The first-order valence-electron chi connectivity index (χ1n) is 5.84. The summed E-state index contributed by atoms with van der Waals surface area (Å²) in [5, 5.41) is 26.4. The Bertz CT molecular complexity index is 490. The van der Waals surface area contributed by atoms with Gasteiger partial charge in [0, 0.05) is 30.8 Å². The molecule has 0 unspecified atom stereocenters. The topological polar surface area (TPSA) is 112 Å². The average molecular weight is 285 g/mol. The molecule has 0 amide bonds. The van der Waals surface area contributed by atoms with Gasteiger partial charge >= 0.3 is 11.9 Å². The highest BCUT2D eigenvalue weighted by atomic mass is 32.1. The van der Waals surface area contributed by atoms with Gasteiger partial charge in [-0.2, -0.15) is 0 Å². The quantitative estimate of drug-likeness (QED) is 0.620. The van der Waals surface area contributed by atoms with Gasteiger partial charge in [0.1, 0.15) is 6.04 Å². The molecule has 2 rings (SSSR count). The van der Waals surface area contributed by atoms with Crippen LogP contribution in [-0.2, 0) is 9.59 Å². The number of hydrogen-bond acceptors (Lipinski definition) is 6. The fraction of sp³-hybridized carbons (Fsp3) is 0.545. The number of carboxylic acids is 2. The van der Waals surface area contributed by atoms with E-state index in [1.165, 1.54) is 11.3 Å². The number of aromatic nitrogens is 1. The van der Waals surface area contributed by atoms with Crippen molar-refractivity contribution in [1.29, 1.82) is 0 Å². The van der Waals surface area contributed by atoms with Gasteiger partial charge in [-0.1, -0.05) is 0 Å². The molecule has 104 valence electrons. The molecular formula is C11H15N3O4S. The molecule has 1 aliphatic heterocycles. The van der Waals surface area contributed by atoms with E-state index in [0.29, 0.717) is 6.54 Å². The van der Waals surface area contributed by atoms with Gasteiger partial charge in [0.15, 0.2) is 5.13 Å². The van der Waals surface area contributed by atoms with Crippen molar-refractivity contribution in [3.8, 4) is 0 Å². The summed E-state index contributed by atoms with van der Waals surface area (Å²) in [6, 6.07) is -0.833. The molecule has 8 heteroatoms. The Morgan fingerprint density at radius 3 is 2.84 bits per heavy atom. The SMILES string of the molecule is CNc1nc([C@@H]2CN[C@H](C(=O)O)[C@H]2CC(=O)O)cs1. The molecule has 3 atom stereocenters. The molecule has 4 N–H and O–H groups in total. The van der Waals surface area contributed by atoms with Crippen molar-refractivity contribution in [1.82, 2.24) is 10.3 Å². The van der Waals surface area contributed by atoms with E-state index < -0.39 is 23.9 Å². The summed E-state index contributed by atoms with van der Waals surface area (Å²) >= 11 is 1.42. The number of aliphatic carboxylic acids is 2. The van der Waals surface area contributed by atoms with Crippen LogP contribution >= 0.6 is 11.3 Å². The fourth-order valence-electron chi connectivity index (χ4n) is 2.42. The minimum Gasteiger partial charge on any atom is -0.481 e. The third-order valence-corrected chi connectivity index (χ3v) is 4.17. The van der Waals surface area contributed by atoms with Crippen LogP contribution in [0, 0.1) is 5.92 Å². The summed E-state index contributed by atoms with van der Waals surface area (Å²) in [6.07, 6.45) is -0.180. The number of nitrogens with zero attached hydrogens (tertiary/aromatic N) is 1. The number of nitrogens with one attached hydrogen (secondary N) is 2. The van der Waals surface area contributed by atoms with Crippen LogP contribution in [0.5, 0.6) is 0 Å². The molecule has 1 aliphatic rings. The van der Waals surface area contributed by atoms with Crippen LogP contribution in [0.3, 0.4) is 0 Å². The highest BCUT2D eigenvalue weighted by molar-refractivity contribution is 7.13. The summed E-state index contributed by atoms with van der Waals surface area (Å²) in [6.45, 7) is 0.432. The minimum atomic E-state index is -1.02. The largest absolute Gasteiger partial charge is 0.481 e. The van der Waals surface area contributed by atoms with Crippen LogP contribution in [-0.4, -0.2) is 46.8 Å². The Morgan fingerprint density at radius 1 is 1.58 bits per heavy atom. The molecule has 19 heavy (non-hydrogen) atoms. The average Bonchev–Trinajstić information content (AvgIpc) is 2.93. The molecule has 7 nitrogen and oxygen atoms in total. The van der Waals surface area contributed by atoms with Crippen LogP contribution < -0.4 is 10.6 Å². The second-order valence-corrected chi connectivity index (χ2v) is 5.28. The first kappa shape index (κ1) is 13.8. The smallest absolute Gasteiger partial charge is 0.321 e. The van der Waals surface area contributed by atoms with Crippen LogP contribution in [0.15, 0.2) is 5.38 Å². The standard InChI is InChI=1S/C11H15N3O4S/c1-12-11-14-7(4-19-11)6-3-13-9(10(17)18)5(6)2-8(15)16/h4-6,9,13H,2-3H2,1H3,(H,12,14)(H,15,16)(H,17,18)/t5-,6+,9-/m0/s1. The van der Waals surface area contributed by atoms with Crippen molar-refractivity contribution >= 4 is 28.4 Å². The lowest BCUT2D eigenvalue weighted by Gasteiger charge is -2.18. The lowest BCUT2D eigenvalue weighted by molar-refractivity contribution is -0.142. The van der Waals surface area contributed by atoms with E-state index in [-0.39, 0.29) is 12.3 Å². The van der Waals surface area contributed by atoms with Gasteiger partial charge in [-0.05, 0) is 0 Å². The molecule has 0 bridgehead atoms. The van der Waals surface area contributed by atoms with E-state index in [0.717, 1.165) is 10.8 Å². The highest BCUT2D eigenvalue weighted by Gasteiger charge is 2.42. The van der Waals surface area contributed by atoms with Gasteiger partial charge in [0.05, 0.1) is 12.1 Å². The molecule has 0 aliphatic carbocycles. The predicted octanol–water partition coefficient (Wildman–Crippen LogP) is 0.416. The summed E-state index contributed by atoms with van der Waals surface area (Å²) in [4.78, 5) is 26.4. The minimum absolute atomic E-state index is 0.180. The van der Waals surface area contributed by atoms with E-state index in [9.17, 15) is 9.59 Å². The van der Waals surface area contributed by atoms with Gasteiger partial charge in [0.2, 0.25) is 0 Å². The summed E-state index contributed by atoms with van der Waals surface area (Å²) in [7, 11) is 1.75. The molecule has 1 aromatic rings. The van der Waals surface area contributed by atoms with Gasteiger partial charge in [-0.25, -0.2) is 4.98 Å². The molecule has 0 radical (unpaired) electrons. The third kappa shape index (κ3) is 2.85. The van der Waals surface area contributed by atoms with Gasteiger partial charge < -0.3 is 20.8 Å². The van der Waals surface area contributed by atoms with E-state index in [2.05, 4.69) is 15.6 Å². The van der Waals surface area contributed by atoms with Crippen molar-refractivity contribution in [2.75, 3.05) is 18.9 Å². The third-order valence-electron chi connectivity index (χ3n) is 3.29. The van der Waals surface area contributed by atoms with Crippen LogP contribution in [0.2, 0.25) is 0 Å². The number of anilines is 1. The first-order chi connectivity index (χ1) is 9.02. The zero-order chi connectivity index (χ0) is 14.0. The summed E-state index contributed by atoms with van der Waals surface area (Å²) in [5.41, 5.74) is 0.747. The molecular weight excluding hydrogens is 270 g/mol. The number of rotatable bonds is 5. The number of thiazole rings is 1. The van der Waals surface area contributed by atoms with Crippen molar-refractivity contribution in [2.45, 2.75) is 18.4 Å². The maximum absolute atomic E-state index is 11.1. The molecule has 1 fully saturated rings. The van der Waals surface area contributed by atoms with E-state index in [4.69, 9.17) is 10.2 Å². The van der Waals surface area contributed by atoms with Crippen molar-refractivity contribution < 1.29 is 19.8 Å². The molecule has 2 heterocycles. The Morgan fingerprint density at radius 2 is 2.32 bits per heavy atom. The Balaban J connectivity index is 2.23. The number of carbonyl (C=O) groups is 2. The number of hydrogen-bond donors (Lipinski definition) is 4. The zero-order valence-electron chi connectivity index (χ0n) is 10.3. The zero-order valence-corrected chi connectivity index (χ0v) is 11.1. The maximum Gasteiger partial charge on any atom is 0.321 e. The van der Waals surface area contributed by atoms with Crippen molar-refractivity contribution in [3.05, 3.63) is 11.1 Å². The van der Waals surface area contributed by atoms with Gasteiger partial charge in [-0.15, -0.1) is 11.3 Å². The first-order valence-corrected chi connectivity index (χ1v) is 6.72. The lowest BCUT2D eigenvalue weighted by atomic mass is 9.86. The van der Waals surface area contributed by atoms with E-state index in [1.54, 1.807) is 7.05 Å². The van der Waals surface area contributed by atoms with E-state index in [1.807, 2.05) is 5.38 Å². The molecule has 0 saturated carbocycles. The molecule has 1 aromatic heterocycles. The fourth-order valence-corrected chi connectivity index (χ4v) is 3.15. The van der Waals surface area contributed by atoms with Crippen molar-refractivity contribution in [3.63, 3.8) is 0 Å². The second-order valence-electron chi connectivity index (χ2n) is 4.42. The predicted molar refractivity (Wildman–Crippen MR) is 69.6 cm³/mol. The lowest BCUT2D eigenvalue weighted by Crippen LogP contribution is -2.36. The summed E-state index contributed by atoms with van der Waals surface area (Å²) in [5.74, 6) is -2.68. The second kappa shape index (κ2) is 5.54. The van der Waals surface area contributed by atoms with Crippen LogP contribution in [0.25, 0.3) is 0 Å². The highest BCUT2D eigenvalue weighted by Crippen LogP contribution is 2.35. The van der Waals surface area contributed by atoms with Gasteiger partial charge in [-0.3, -0.25) is 9.59 Å². The van der Waals surface area contributed by atoms with Gasteiger partial charge in [0.25, 0.3) is 0 Å².